The van der Waals surface area contributed by atoms with Crippen molar-refractivity contribution in [3.8, 4) is 0 Å². The molecular weight excluding hydrogens is 300 g/mol. The molecule has 5 heteroatoms. The van der Waals surface area contributed by atoms with Crippen LogP contribution in [0.25, 0.3) is 0 Å². The molecule has 0 atom stereocenters. The third-order valence-electron chi connectivity index (χ3n) is 4.39. The van der Waals surface area contributed by atoms with Crippen LogP contribution in [0, 0.1) is 0 Å². The molecule has 24 heavy (non-hydrogen) atoms. The Kier molecular flexibility index (Phi) is 5.31. The fourth-order valence-corrected chi connectivity index (χ4v) is 3.06. The van der Waals surface area contributed by atoms with Crippen molar-refractivity contribution in [2.75, 3.05) is 23.7 Å². The molecule has 0 aliphatic carbocycles. The number of nitrogens with zero attached hydrogens (tertiary/aromatic N) is 2. The topological polar surface area (TPSA) is 71.2 Å². The number of carbonyl (C=O) groups is 1. The number of anilines is 2. The van der Waals surface area contributed by atoms with Crippen LogP contribution in [0.1, 0.15) is 30.4 Å². The number of benzene rings is 1. The summed E-state index contributed by atoms with van der Waals surface area (Å²) in [6, 6.07) is 9.99. The SMILES string of the molecule is Nc1cc(CCC(=O)NCc2cccnc2)ccc1N1CCCC1. The molecule has 2 heterocycles. The molecule has 0 spiro atoms. The van der Waals surface area contributed by atoms with E-state index in [0.717, 1.165) is 35.6 Å². The Hall–Kier alpha value is -2.56. The normalized spacial score (nSPS) is 13.9. The summed E-state index contributed by atoms with van der Waals surface area (Å²) in [5, 5.41) is 2.92. The van der Waals surface area contributed by atoms with Crippen LogP contribution in [-0.4, -0.2) is 24.0 Å². The van der Waals surface area contributed by atoms with E-state index in [9.17, 15) is 4.79 Å². The number of pyridine rings is 1. The maximum Gasteiger partial charge on any atom is 0.220 e. The zero-order valence-electron chi connectivity index (χ0n) is 13.9. The van der Waals surface area contributed by atoms with Crippen LogP contribution in [-0.2, 0) is 17.8 Å². The summed E-state index contributed by atoms with van der Waals surface area (Å²) < 4.78 is 0. The third-order valence-corrected chi connectivity index (χ3v) is 4.39. The second kappa shape index (κ2) is 7.81. The fraction of sp³-hybridized carbons (Fsp3) is 0.368. The number of rotatable bonds is 6. The van der Waals surface area contributed by atoms with E-state index in [1.54, 1.807) is 12.4 Å². The average Bonchev–Trinajstić information content (AvgIpc) is 3.13. The highest BCUT2D eigenvalue weighted by atomic mass is 16.1. The monoisotopic (exact) mass is 324 g/mol. The number of nitrogens with one attached hydrogen (secondary N) is 1. The van der Waals surface area contributed by atoms with Gasteiger partial charge < -0.3 is 16.0 Å². The maximum atomic E-state index is 12.0. The van der Waals surface area contributed by atoms with E-state index in [4.69, 9.17) is 5.73 Å². The molecular formula is C19H24N4O. The molecule has 0 saturated carbocycles. The van der Waals surface area contributed by atoms with Crippen molar-refractivity contribution in [1.29, 1.82) is 0 Å². The Balaban J connectivity index is 1.49. The van der Waals surface area contributed by atoms with Crippen LogP contribution in [0.5, 0.6) is 0 Å². The summed E-state index contributed by atoms with van der Waals surface area (Å²) in [5.41, 5.74) is 10.2. The molecule has 1 aliphatic rings. The van der Waals surface area contributed by atoms with Crippen molar-refractivity contribution < 1.29 is 4.79 Å². The lowest BCUT2D eigenvalue weighted by molar-refractivity contribution is -0.121. The quantitative estimate of drug-likeness (QED) is 0.801. The fourth-order valence-electron chi connectivity index (χ4n) is 3.06. The number of aryl methyl sites for hydroxylation is 1. The summed E-state index contributed by atoms with van der Waals surface area (Å²) in [7, 11) is 0. The van der Waals surface area contributed by atoms with E-state index in [1.165, 1.54) is 12.8 Å². The Labute approximate surface area is 142 Å². The van der Waals surface area contributed by atoms with E-state index in [1.807, 2.05) is 18.2 Å². The lowest BCUT2D eigenvalue weighted by Gasteiger charge is -2.20. The molecule has 3 N–H and O–H groups in total. The number of hydrogen-bond acceptors (Lipinski definition) is 4. The molecule has 3 rings (SSSR count). The first-order valence-electron chi connectivity index (χ1n) is 8.51. The highest BCUT2D eigenvalue weighted by molar-refractivity contribution is 5.76. The number of hydrogen-bond donors (Lipinski definition) is 2. The van der Waals surface area contributed by atoms with Gasteiger partial charge in [0.05, 0.1) is 11.4 Å². The standard InChI is InChI=1S/C19H24N4O/c20-17-12-15(5-7-18(17)23-10-1-2-11-23)6-8-19(24)22-14-16-4-3-9-21-13-16/h3-5,7,9,12-13H,1-2,6,8,10-11,14,20H2,(H,22,24). The van der Waals surface area contributed by atoms with Crippen LogP contribution in [0.3, 0.4) is 0 Å². The van der Waals surface area contributed by atoms with E-state index >= 15 is 0 Å². The molecule has 126 valence electrons. The Morgan fingerprint density at radius 1 is 1.21 bits per heavy atom. The molecule has 0 radical (unpaired) electrons. The molecule has 1 aromatic carbocycles. The predicted octanol–water partition coefficient (Wildman–Crippen LogP) is 2.51. The summed E-state index contributed by atoms with van der Waals surface area (Å²) in [4.78, 5) is 18.4. The minimum Gasteiger partial charge on any atom is -0.397 e. The van der Waals surface area contributed by atoms with Gasteiger partial charge in [-0.2, -0.15) is 0 Å². The lowest BCUT2D eigenvalue weighted by Crippen LogP contribution is -2.23. The van der Waals surface area contributed by atoms with E-state index in [2.05, 4.69) is 27.3 Å². The zero-order valence-corrected chi connectivity index (χ0v) is 13.9. The van der Waals surface area contributed by atoms with Crippen LogP contribution in [0.2, 0.25) is 0 Å². The largest absolute Gasteiger partial charge is 0.397 e. The van der Waals surface area contributed by atoms with Gasteiger partial charge in [-0.15, -0.1) is 0 Å². The molecule has 1 fully saturated rings. The summed E-state index contributed by atoms with van der Waals surface area (Å²) in [5.74, 6) is 0.0426. The van der Waals surface area contributed by atoms with Crippen LogP contribution in [0.15, 0.2) is 42.7 Å². The van der Waals surface area contributed by atoms with Crippen molar-refractivity contribution in [3.63, 3.8) is 0 Å². The summed E-state index contributed by atoms with van der Waals surface area (Å²) in [6.45, 7) is 2.68. The number of amides is 1. The number of nitrogens with two attached hydrogens (primary N) is 1. The molecule has 0 unspecified atom stereocenters. The highest BCUT2D eigenvalue weighted by Crippen LogP contribution is 2.27. The first-order chi connectivity index (χ1) is 11.7. The highest BCUT2D eigenvalue weighted by Gasteiger charge is 2.15. The molecule has 1 saturated heterocycles. The molecule has 1 aromatic heterocycles. The van der Waals surface area contributed by atoms with Gasteiger partial charge in [0, 0.05) is 38.4 Å². The first-order valence-corrected chi connectivity index (χ1v) is 8.51. The van der Waals surface area contributed by atoms with Crippen LogP contribution in [0.4, 0.5) is 11.4 Å². The average molecular weight is 324 g/mol. The third kappa shape index (κ3) is 4.25. The van der Waals surface area contributed by atoms with Crippen molar-refractivity contribution >= 4 is 17.3 Å². The smallest absolute Gasteiger partial charge is 0.220 e. The van der Waals surface area contributed by atoms with Crippen LogP contribution >= 0.6 is 0 Å². The predicted molar refractivity (Wildman–Crippen MR) is 96.7 cm³/mol. The van der Waals surface area contributed by atoms with E-state index in [-0.39, 0.29) is 5.91 Å². The van der Waals surface area contributed by atoms with Gasteiger partial charge >= 0.3 is 0 Å². The van der Waals surface area contributed by atoms with Gasteiger partial charge in [-0.1, -0.05) is 12.1 Å². The number of aromatic nitrogens is 1. The minimum absolute atomic E-state index is 0.0426. The van der Waals surface area contributed by atoms with Crippen molar-refractivity contribution in [2.24, 2.45) is 0 Å². The lowest BCUT2D eigenvalue weighted by atomic mass is 10.1. The summed E-state index contributed by atoms with van der Waals surface area (Å²) in [6.07, 6.45) is 7.11. The Morgan fingerprint density at radius 3 is 2.75 bits per heavy atom. The van der Waals surface area contributed by atoms with Gasteiger partial charge in [-0.05, 0) is 48.6 Å². The summed E-state index contributed by atoms with van der Waals surface area (Å²) >= 11 is 0. The van der Waals surface area contributed by atoms with Crippen molar-refractivity contribution in [2.45, 2.75) is 32.2 Å². The second-order valence-electron chi connectivity index (χ2n) is 6.23. The molecule has 1 amide bonds. The van der Waals surface area contributed by atoms with Gasteiger partial charge in [0.25, 0.3) is 0 Å². The van der Waals surface area contributed by atoms with Gasteiger partial charge in [0.2, 0.25) is 5.91 Å². The zero-order chi connectivity index (χ0) is 16.8. The Bertz CT molecular complexity index is 681. The van der Waals surface area contributed by atoms with Crippen LogP contribution < -0.4 is 16.0 Å². The van der Waals surface area contributed by atoms with Crippen molar-refractivity contribution in [1.82, 2.24) is 10.3 Å². The minimum atomic E-state index is 0.0426. The van der Waals surface area contributed by atoms with E-state index in [0.29, 0.717) is 19.4 Å². The maximum absolute atomic E-state index is 12.0. The van der Waals surface area contributed by atoms with E-state index < -0.39 is 0 Å². The first kappa shape index (κ1) is 16.3. The van der Waals surface area contributed by atoms with Gasteiger partial charge in [-0.3, -0.25) is 9.78 Å². The van der Waals surface area contributed by atoms with Crippen molar-refractivity contribution in [3.05, 3.63) is 53.9 Å². The molecule has 0 bridgehead atoms. The molecule has 1 aliphatic heterocycles. The molecule has 5 nitrogen and oxygen atoms in total. The van der Waals surface area contributed by atoms with Gasteiger partial charge in [-0.25, -0.2) is 0 Å². The van der Waals surface area contributed by atoms with Gasteiger partial charge in [0.1, 0.15) is 0 Å². The molecule has 2 aromatic rings. The van der Waals surface area contributed by atoms with Gasteiger partial charge in [0.15, 0.2) is 0 Å². The number of carbonyl (C=O) groups excluding carboxylic acids is 1. The number of nitrogen functional groups attached to an aromatic ring is 1. The second-order valence-corrected chi connectivity index (χ2v) is 6.23. The Morgan fingerprint density at radius 2 is 2.04 bits per heavy atom.